The van der Waals surface area contributed by atoms with Crippen LogP contribution in [-0.2, 0) is 0 Å². The summed E-state index contributed by atoms with van der Waals surface area (Å²) in [6.07, 6.45) is 13.7. The van der Waals surface area contributed by atoms with Gasteiger partial charge in [0.1, 0.15) is 1.41 Å². The molecule has 0 saturated carbocycles. The van der Waals surface area contributed by atoms with Crippen molar-refractivity contribution in [3.8, 4) is 0 Å². The van der Waals surface area contributed by atoms with Crippen molar-refractivity contribution in [2.75, 3.05) is 6.54 Å². The van der Waals surface area contributed by atoms with Gasteiger partial charge in [0.05, 0.1) is 0 Å². The Morgan fingerprint density at radius 3 is 1.69 bits per heavy atom. The summed E-state index contributed by atoms with van der Waals surface area (Å²) >= 11 is 0. The lowest BCUT2D eigenvalue weighted by atomic mass is 10.1. The first-order valence-corrected chi connectivity index (χ1v) is 6.06. The highest BCUT2D eigenvalue weighted by Crippen LogP contribution is 2.09. The molecular formula is C12H27N. The van der Waals surface area contributed by atoms with Crippen LogP contribution in [0.2, 0.25) is 1.41 Å². The zero-order valence-electron chi connectivity index (χ0n) is 10.3. The summed E-state index contributed by atoms with van der Waals surface area (Å²) in [6, 6.07) is 0. The second-order valence-corrected chi connectivity index (χ2v) is 3.93. The van der Waals surface area contributed by atoms with Crippen LogP contribution in [0.1, 0.15) is 71.1 Å². The van der Waals surface area contributed by atoms with E-state index in [1.54, 1.807) is 0 Å². The lowest BCUT2D eigenvalue weighted by Crippen LogP contribution is -1.97. The van der Waals surface area contributed by atoms with Crippen LogP contribution in [0.15, 0.2) is 0 Å². The van der Waals surface area contributed by atoms with Gasteiger partial charge in [-0.1, -0.05) is 64.7 Å². The molecule has 0 saturated heterocycles. The largest absolute Gasteiger partial charge is 0.330 e. The zero-order chi connectivity index (χ0) is 10.5. The first kappa shape index (κ1) is 11.0. The van der Waals surface area contributed by atoms with Crippen molar-refractivity contribution in [3.63, 3.8) is 0 Å². The van der Waals surface area contributed by atoms with Crippen molar-refractivity contribution in [1.82, 2.24) is 0 Å². The highest BCUT2D eigenvalue weighted by molar-refractivity contribution is 4.47. The third-order valence-electron chi connectivity index (χ3n) is 2.53. The fourth-order valence-corrected chi connectivity index (χ4v) is 1.61. The van der Waals surface area contributed by atoms with Gasteiger partial charge in [-0.25, -0.2) is 0 Å². The number of nitrogens with two attached hydrogens (primary N) is 1. The second-order valence-electron chi connectivity index (χ2n) is 3.93. The van der Waals surface area contributed by atoms with Crippen molar-refractivity contribution in [1.29, 1.82) is 0 Å². The van der Waals surface area contributed by atoms with Crippen LogP contribution in [0.3, 0.4) is 0 Å². The van der Waals surface area contributed by atoms with Gasteiger partial charge in [0.15, 0.2) is 0 Å². The highest BCUT2D eigenvalue weighted by atomic mass is 14.5. The van der Waals surface area contributed by atoms with Crippen LogP contribution in [-0.4, -0.2) is 6.54 Å². The van der Waals surface area contributed by atoms with Crippen molar-refractivity contribution >= 4 is 0 Å². The van der Waals surface area contributed by atoms with Crippen LogP contribution in [0.25, 0.3) is 0 Å². The molecule has 0 aliphatic heterocycles. The van der Waals surface area contributed by atoms with E-state index < -0.39 is 0 Å². The summed E-state index contributed by atoms with van der Waals surface area (Å²) in [7, 11) is 0. The zero-order valence-corrected chi connectivity index (χ0v) is 9.28. The Morgan fingerprint density at radius 1 is 0.769 bits per heavy atom. The third kappa shape index (κ3) is 12.0. The molecule has 0 spiro atoms. The number of rotatable bonds is 11. The molecule has 0 amide bonds. The van der Waals surface area contributed by atoms with Gasteiger partial charge in [-0.05, 0) is 13.0 Å². The van der Waals surface area contributed by atoms with E-state index in [9.17, 15) is 0 Å². The molecule has 0 aromatic heterocycles. The van der Waals surface area contributed by atoms with Crippen molar-refractivity contribution < 1.29 is 1.41 Å². The van der Waals surface area contributed by atoms with E-state index in [1.807, 2.05) is 0 Å². The van der Waals surface area contributed by atoms with Crippen LogP contribution in [0.4, 0.5) is 0 Å². The standard InChI is InChI=1S/C12H27N/c1-2-3-4-5-6-7-8-9-10-11-12-13/h2-13H2,1H3/i/hD. The Kier molecular flexibility index (Phi) is 10.2. The average Bonchev–Trinajstić information content (AvgIpc) is 2.21. The maximum atomic E-state index is 6.76. The van der Waals surface area contributed by atoms with Crippen LogP contribution >= 0.6 is 0 Å². The summed E-state index contributed by atoms with van der Waals surface area (Å²) in [5.74, 6) is 0. The molecule has 0 rings (SSSR count). The van der Waals surface area contributed by atoms with E-state index in [2.05, 4.69) is 12.7 Å². The molecule has 0 radical (unpaired) electrons. The van der Waals surface area contributed by atoms with Crippen LogP contribution in [0.5, 0.6) is 0 Å². The maximum Gasteiger partial charge on any atom is 0.118 e. The highest BCUT2D eigenvalue weighted by Gasteiger charge is 1.90. The van der Waals surface area contributed by atoms with E-state index >= 15 is 0 Å². The van der Waals surface area contributed by atoms with Crippen molar-refractivity contribution in [2.24, 2.45) is 5.73 Å². The molecule has 0 aromatic carbocycles. The summed E-state index contributed by atoms with van der Waals surface area (Å²) in [4.78, 5) is 0. The monoisotopic (exact) mass is 186 g/mol. The van der Waals surface area contributed by atoms with Gasteiger partial charge < -0.3 is 5.73 Å². The lowest BCUT2D eigenvalue weighted by molar-refractivity contribution is 0.558. The van der Waals surface area contributed by atoms with E-state index in [4.69, 9.17) is 1.41 Å². The molecule has 0 aliphatic rings. The quantitative estimate of drug-likeness (QED) is 0.487. The fraction of sp³-hybridized carbons (Fsp3) is 1.00. The predicted molar refractivity (Wildman–Crippen MR) is 60.9 cm³/mol. The number of unbranched alkanes of at least 4 members (excludes halogenated alkanes) is 9. The van der Waals surface area contributed by atoms with Crippen molar-refractivity contribution in [2.45, 2.75) is 71.1 Å². The molecule has 0 bridgehead atoms. The van der Waals surface area contributed by atoms with Gasteiger partial charge in [0.25, 0.3) is 0 Å². The molecule has 2 N–H and O–H groups in total. The summed E-state index contributed by atoms with van der Waals surface area (Å²) in [5, 5.41) is 0. The van der Waals surface area contributed by atoms with Gasteiger partial charge in [-0.15, -0.1) is 0 Å². The second kappa shape index (κ2) is 12.0. The SMILES string of the molecule is [2H]NCCCCCCCCCCCC. The number of hydrogen-bond acceptors (Lipinski definition) is 1. The Morgan fingerprint density at radius 2 is 1.23 bits per heavy atom. The van der Waals surface area contributed by atoms with Gasteiger partial charge in [-0.2, -0.15) is 0 Å². The predicted octanol–water partition coefficient (Wildman–Crippen LogP) is 3.87. The molecule has 0 aromatic rings. The molecule has 1 nitrogen and oxygen atoms in total. The van der Waals surface area contributed by atoms with Gasteiger partial charge in [-0.3, -0.25) is 0 Å². The topological polar surface area (TPSA) is 26.0 Å². The third-order valence-corrected chi connectivity index (χ3v) is 2.53. The normalized spacial score (nSPS) is 11.6. The molecule has 0 aliphatic carbocycles. The van der Waals surface area contributed by atoms with Gasteiger partial charge in [0.2, 0.25) is 0 Å². The Balaban J connectivity index is 2.78. The molecule has 1 heteroatoms. The Hall–Kier alpha value is -0.0400. The van der Waals surface area contributed by atoms with Gasteiger partial charge in [0, 0.05) is 0 Å². The van der Waals surface area contributed by atoms with E-state index in [0.717, 1.165) is 6.54 Å². The minimum atomic E-state index is 0.858. The smallest absolute Gasteiger partial charge is 0.118 e. The van der Waals surface area contributed by atoms with E-state index in [1.165, 1.54) is 64.2 Å². The number of hydrogen-bond donors (Lipinski definition) is 1. The minimum absolute atomic E-state index is 0.858. The van der Waals surface area contributed by atoms with Gasteiger partial charge >= 0.3 is 0 Å². The Bertz CT molecular complexity index is 84.3. The molecular weight excluding hydrogens is 158 g/mol. The van der Waals surface area contributed by atoms with Crippen molar-refractivity contribution in [3.05, 3.63) is 0 Å². The van der Waals surface area contributed by atoms with E-state index in [-0.39, 0.29) is 0 Å². The summed E-state index contributed by atoms with van der Waals surface area (Å²) in [5.41, 5.74) is 2.44. The van der Waals surface area contributed by atoms with Crippen LogP contribution < -0.4 is 5.73 Å². The molecule has 0 unspecified atom stereocenters. The first-order valence-electron chi connectivity index (χ1n) is 6.56. The average molecular weight is 186 g/mol. The summed E-state index contributed by atoms with van der Waals surface area (Å²) < 4.78 is 6.76. The lowest BCUT2D eigenvalue weighted by Gasteiger charge is -2.00. The molecule has 0 atom stereocenters. The molecule has 13 heavy (non-hydrogen) atoms. The fourth-order valence-electron chi connectivity index (χ4n) is 1.61. The first-order chi connectivity index (χ1) is 6.91. The Labute approximate surface area is 85.6 Å². The van der Waals surface area contributed by atoms with Crippen LogP contribution in [0, 0.1) is 0 Å². The molecule has 0 heterocycles. The van der Waals surface area contributed by atoms with E-state index in [0.29, 0.717) is 0 Å². The summed E-state index contributed by atoms with van der Waals surface area (Å²) in [6.45, 7) is 3.12. The minimum Gasteiger partial charge on any atom is -0.330 e. The molecule has 80 valence electrons. The maximum absolute atomic E-state index is 6.76. The molecule has 0 fully saturated rings.